The van der Waals surface area contributed by atoms with E-state index in [9.17, 15) is 4.79 Å². The van der Waals surface area contributed by atoms with Crippen LogP contribution in [-0.4, -0.2) is 31.3 Å². The van der Waals surface area contributed by atoms with Gasteiger partial charge in [-0.1, -0.05) is 0 Å². The molecule has 4 nitrogen and oxygen atoms in total. The van der Waals surface area contributed by atoms with Crippen LogP contribution in [0.5, 0.6) is 0 Å². The zero-order chi connectivity index (χ0) is 10.3. The number of carbonyl (C=O) groups excluding carboxylic acids is 1. The largest absolute Gasteiger partial charge is 0.388 e. The first-order valence-electron chi connectivity index (χ1n) is 4.52. The molecule has 0 aliphatic carbocycles. The second-order valence-corrected chi connectivity index (χ2v) is 3.12. The Kier molecular flexibility index (Phi) is 6.14. The van der Waals surface area contributed by atoms with Gasteiger partial charge in [0.1, 0.15) is 5.78 Å². The number of ketones is 1. The van der Waals surface area contributed by atoms with E-state index in [-0.39, 0.29) is 11.8 Å². The van der Waals surface area contributed by atoms with E-state index < -0.39 is 0 Å². The number of nitrogens with one attached hydrogen (secondary N) is 1. The number of amidine groups is 1. The van der Waals surface area contributed by atoms with Crippen LogP contribution in [0.25, 0.3) is 0 Å². The van der Waals surface area contributed by atoms with Crippen LogP contribution < -0.4 is 11.1 Å². The number of rotatable bonds is 6. The molecule has 0 aromatic rings. The molecule has 0 aromatic carbocycles. The van der Waals surface area contributed by atoms with E-state index in [1.54, 1.807) is 20.9 Å². The Labute approximate surface area is 79.6 Å². The summed E-state index contributed by atoms with van der Waals surface area (Å²) < 4.78 is 0. The molecular weight excluding hydrogens is 166 g/mol. The Balaban J connectivity index is 3.62. The highest BCUT2D eigenvalue weighted by molar-refractivity contribution is 5.81. The molecular formula is C9H19N3O. The molecule has 0 amide bonds. The van der Waals surface area contributed by atoms with Crippen molar-refractivity contribution in [3.8, 4) is 0 Å². The van der Waals surface area contributed by atoms with Gasteiger partial charge >= 0.3 is 0 Å². The maximum atomic E-state index is 11.0. The Morgan fingerprint density at radius 2 is 2.15 bits per heavy atom. The van der Waals surface area contributed by atoms with Crippen molar-refractivity contribution in [2.75, 3.05) is 13.6 Å². The first-order valence-corrected chi connectivity index (χ1v) is 4.52. The van der Waals surface area contributed by atoms with Crippen molar-refractivity contribution in [2.45, 2.75) is 32.7 Å². The minimum atomic E-state index is -0.0340. The van der Waals surface area contributed by atoms with Gasteiger partial charge < -0.3 is 11.1 Å². The number of aliphatic imine (C=N–C) groups is 1. The maximum Gasteiger partial charge on any atom is 0.146 e. The second-order valence-electron chi connectivity index (χ2n) is 3.12. The van der Waals surface area contributed by atoms with Crippen LogP contribution >= 0.6 is 0 Å². The summed E-state index contributed by atoms with van der Waals surface area (Å²) in [6, 6.07) is -0.0340. The fourth-order valence-electron chi connectivity index (χ4n) is 1.10. The number of likely N-dealkylation sites (N-methyl/N-ethyl adjacent to an activating group) is 1. The summed E-state index contributed by atoms with van der Waals surface area (Å²) in [7, 11) is 1.80. The van der Waals surface area contributed by atoms with Crippen molar-refractivity contribution < 1.29 is 4.79 Å². The third-order valence-corrected chi connectivity index (χ3v) is 1.85. The molecule has 0 saturated heterocycles. The van der Waals surface area contributed by atoms with Gasteiger partial charge in [-0.25, -0.2) is 0 Å². The molecule has 0 aromatic heterocycles. The summed E-state index contributed by atoms with van der Waals surface area (Å²) in [5, 5.41) is 2.96. The molecule has 0 heterocycles. The molecule has 0 radical (unpaired) electrons. The van der Waals surface area contributed by atoms with Crippen molar-refractivity contribution in [2.24, 2.45) is 10.7 Å². The minimum absolute atomic E-state index is 0.0340. The van der Waals surface area contributed by atoms with Gasteiger partial charge in [0.15, 0.2) is 0 Å². The van der Waals surface area contributed by atoms with Gasteiger partial charge in [-0.05, 0) is 33.7 Å². The van der Waals surface area contributed by atoms with Crippen molar-refractivity contribution in [1.82, 2.24) is 5.32 Å². The van der Waals surface area contributed by atoms with Gasteiger partial charge in [0.05, 0.1) is 11.9 Å². The van der Waals surface area contributed by atoms with Crippen LogP contribution in [0.4, 0.5) is 0 Å². The van der Waals surface area contributed by atoms with Gasteiger partial charge in [0, 0.05) is 6.54 Å². The van der Waals surface area contributed by atoms with E-state index in [0.717, 1.165) is 12.8 Å². The number of nitrogens with zero attached hydrogens (tertiary/aromatic N) is 1. The first kappa shape index (κ1) is 12.1. The lowest BCUT2D eigenvalue weighted by Crippen LogP contribution is -2.32. The summed E-state index contributed by atoms with van der Waals surface area (Å²) in [5.74, 6) is 0.778. The van der Waals surface area contributed by atoms with Crippen molar-refractivity contribution >= 4 is 11.6 Å². The highest BCUT2D eigenvalue weighted by Crippen LogP contribution is 1.98. The fourth-order valence-corrected chi connectivity index (χ4v) is 1.10. The Morgan fingerprint density at radius 1 is 1.54 bits per heavy atom. The average molecular weight is 185 g/mol. The van der Waals surface area contributed by atoms with E-state index >= 15 is 0 Å². The summed E-state index contributed by atoms with van der Waals surface area (Å²) >= 11 is 0. The minimum Gasteiger partial charge on any atom is -0.388 e. The third kappa shape index (κ3) is 6.28. The molecule has 0 bridgehead atoms. The van der Waals surface area contributed by atoms with Crippen LogP contribution in [0.1, 0.15) is 26.7 Å². The standard InChI is InChI=1S/C9H19N3O/c1-7(13)9(11-3)5-4-6-12-8(2)10/h9,11H,4-6H2,1-3H3,(H2,10,12)/t9-/m0/s1. The maximum absolute atomic E-state index is 11.0. The number of hydrogen-bond acceptors (Lipinski definition) is 3. The van der Waals surface area contributed by atoms with Gasteiger partial charge in [-0.15, -0.1) is 0 Å². The fraction of sp³-hybridized carbons (Fsp3) is 0.778. The van der Waals surface area contributed by atoms with Gasteiger partial charge in [-0.2, -0.15) is 0 Å². The number of hydrogen-bond donors (Lipinski definition) is 2. The van der Waals surface area contributed by atoms with Gasteiger partial charge in [-0.3, -0.25) is 9.79 Å². The smallest absolute Gasteiger partial charge is 0.146 e. The van der Waals surface area contributed by atoms with Crippen LogP contribution in [-0.2, 0) is 4.79 Å². The Bertz CT molecular complexity index is 185. The molecule has 4 heteroatoms. The Morgan fingerprint density at radius 3 is 2.54 bits per heavy atom. The second kappa shape index (κ2) is 6.60. The Hall–Kier alpha value is -0.900. The molecule has 0 aliphatic rings. The summed E-state index contributed by atoms with van der Waals surface area (Å²) in [6.45, 7) is 4.06. The van der Waals surface area contributed by atoms with Crippen LogP contribution in [0.3, 0.4) is 0 Å². The normalized spacial score (nSPS) is 14.2. The molecule has 0 unspecified atom stereocenters. The molecule has 0 aliphatic heterocycles. The quantitative estimate of drug-likeness (QED) is 0.356. The van der Waals surface area contributed by atoms with Crippen LogP contribution in [0.15, 0.2) is 4.99 Å². The van der Waals surface area contributed by atoms with E-state index in [1.165, 1.54) is 0 Å². The lowest BCUT2D eigenvalue weighted by atomic mass is 10.1. The first-order chi connectivity index (χ1) is 6.07. The van der Waals surface area contributed by atoms with Crippen molar-refractivity contribution in [3.63, 3.8) is 0 Å². The molecule has 0 spiro atoms. The van der Waals surface area contributed by atoms with Crippen LogP contribution in [0, 0.1) is 0 Å². The lowest BCUT2D eigenvalue weighted by Gasteiger charge is -2.10. The summed E-state index contributed by atoms with van der Waals surface area (Å²) in [5.41, 5.74) is 5.37. The van der Waals surface area contributed by atoms with E-state index in [1.807, 2.05) is 0 Å². The lowest BCUT2D eigenvalue weighted by molar-refractivity contribution is -0.119. The number of nitrogens with two attached hydrogens (primary N) is 1. The molecule has 1 atom stereocenters. The van der Waals surface area contributed by atoms with Gasteiger partial charge in [0.2, 0.25) is 0 Å². The number of carbonyl (C=O) groups is 1. The molecule has 0 saturated carbocycles. The monoisotopic (exact) mass is 185 g/mol. The highest BCUT2D eigenvalue weighted by Gasteiger charge is 2.09. The molecule has 0 fully saturated rings. The average Bonchev–Trinajstić information content (AvgIpc) is 2.03. The SMILES string of the molecule is CN[C@@H](CCCN=C(C)N)C(C)=O. The van der Waals surface area contributed by atoms with Crippen molar-refractivity contribution in [3.05, 3.63) is 0 Å². The van der Waals surface area contributed by atoms with Crippen molar-refractivity contribution in [1.29, 1.82) is 0 Å². The van der Waals surface area contributed by atoms with Crippen LogP contribution in [0.2, 0.25) is 0 Å². The zero-order valence-corrected chi connectivity index (χ0v) is 8.63. The summed E-state index contributed by atoms with van der Waals surface area (Å²) in [6.07, 6.45) is 1.71. The topological polar surface area (TPSA) is 67.5 Å². The third-order valence-electron chi connectivity index (χ3n) is 1.85. The predicted octanol–water partition coefficient (Wildman–Crippen LogP) is 0.321. The number of Topliss-reactive ketones (excluding diaryl/α,β-unsaturated/α-hetero) is 1. The summed E-state index contributed by atoms with van der Waals surface area (Å²) in [4.78, 5) is 15.0. The molecule has 0 rings (SSSR count). The van der Waals surface area contributed by atoms with E-state index in [0.29, 0.717) is 12.4 Å². The molecule has 3 N–H and O–H groups in total. The molecule has 13 heavy (non-hydrogen) atoms. The molecule has 76 valence electrons. The van der Waals surface area contributed by atoms with E-state index in [2.05, 4.69) is 10.3 Å². The van der Waals surface area contributed by atoms with E-state index in [4.69, 9.17) is 5.73 Å². The zero-order valence-electron chi connectivity index (χ0n) is 8.63. The predicted molar refractivity (Wildman–Crippen MR) is 54.9 cm³/mol. The van der Waals surface area contributed by atoms with Gasteiger partial charge in [0.25, 0.3) is 0 Å². The highest BCUT2D eigenvalue weighted by atomic mass is 16.1.